The first-order valence-electron chi connectivity index (χ1n) is 5.48. The number of ether oxygens (including phenoxy) is 1. The summed E-state index contributed by atoms with van der Waals surface area (Å²) in [6.07, 6.45) is 0.940. The van der Waals surface area contributed by atoms with Crippen molar-refractivity contribution in [1.82, 2.24) is 0 Å². The van der Waals surface area contributed by atoms with E-state index in [2.05, 4.69) is 43.3 Å². The Morgan fingerprint density at radius 2 is 2.17 bits per heavy atom. The summed E-state index contributed by atoms with van der Waals surface area (Å²) in [7, 11) is 0. The SMILES string of the molecule is Clc1cc2c(c(C(Br)c3csc(Br)c3)c1)OCC2. The number of hydrogen-bond donors (Lipinski definition) is 0. The highest BCUT2D eigenvalue weighted by Gasteiger charge is 2.23. The summed E-state index contributed by atoms with van der Waals surface area (Å²) in [5.74, 6) is 0.989. The van der Waals surface area contributed by atoms with Crippen molar-refractivity contribution in [3.8, 4) is 5.75 Å². The maximum atomic E-state index is 6.18. The van der Waals surface area contributed by atoms with Gasteiger partial charge in [-0.2, -0.15) is 0 Å². The lowest BCUT2D eigenvalue weighted by molar-refractivity contribution is 0.354. The van der Waals surface area contributed by atoms with E-state index in [1.807, 2.05) is 12.1 Å². The van der Waals surface area contributed by atoms with Crippen molar-refractivity contribution in [3.05, 3.63) is 49.1 Å². The standard InChI is InChI=1S/C13H9Br2ClOS/c14-11-4-8(6-18-11)12(15)10-5-9(16)3-7-1-2-17-13(7)10/h3-6,12H,1-2H2. The fourth-order valence-electron chi connectivity index (χ4n) is 2.12. The third-order valence-corrected chi connectivity index (χ3v) is 5.69. The topological polar surface area (TPSA) is 9.23 Å². The van der Waals surface area contributed by atoms with Gasteiger partial charge in [0.1, 0.15) is 5.75 Å². The monoisotopic (exact) mass is 406 g/mol. The first kappa shape index (κ1) is 13.0. The highest BCUT2D eigenvalue weighted by atomic mass is 79.9. The van der Waals surface area contributed by atoms with Crippen LogP contribution in [0, 0.1) is 0 Å². The summed E-state index contributed by atoms with van der Waals surface area (Å²) < 4.78 is 6.86. The molecule has 1 aliphatic rings. The van der Waals surface area contributed by atoms with Crippen LogP contribution in [-0.2, 0) is 6.42 Å². The lowest BCUT2D eigenvalue weighted by Gasteiger charge is -2.13. The Labute approximate surface area is 131 Å². The van der Waals surface area contributed by atoms with E-state index in [-0.39, 0.29) is 4.83 Å². The highest BCUT2D eigenvalue weighted by molar-refractivity contribution is 9.11. The minimum absolute atomic E-state index is 0.116. The van der Waals surface area contributed by atoms with Crippen molar-refractivity contribution >= 4 is 54.8 Å². The maximum absolute atomic E-state index is 6.18. The van der Waals surface area contributed by atoms with Crippen LogP contribution in [0.15, 0.2) is 27.4 Å². The van der Waals surface area contributed by atoms with E-state index in [9.17, 15) is 0 Å². The summed E-state index contributed by atoms with van der Waals surface area (Å²) in [5, 5.41) is 2.90. The van der Waals surface area contributed by atoms with Crippen LogP contribution in [0.4, 0.5) is 0 Å². The van der Waals surface area contributed by atoms with Crippen molar-refractivity contribution in [3.63, 3.8) is 0 Å². The van der Waals surface area contributed by atoms with Crippen LogP contribution in [0.1, 0.15) is 21.5 Å². The average Bonchev–Trinajstić information content (AvgIpc) is 2.95. The molecule has 0 spiro atoms. The second kappa shape index (κ2) is 5.16. The van der Waals surface area contributed by atoms with Crippen molar-refractivity contribution in [1.29, 1.82) is 0 Å². The molecule has 18 heavy (non-hydrogen) atoms. The van der Waals surface area contributed by atoms with E-state index >= 15 is 0 Å². The molecule has 0 bridgehead atoms. The van der Waals surface area contributed by atoms with Crippen LogP contribution in [0.25, 0.3) is 0 Å². The zero-order chi connectivity index (χ0) is 12.7. The molecule has 0 amide bonds. The summed E-state index contributed by atoms with van der Waals surface area (Å²) in [4.78, 5) is 0.116. The summed E-state index contributed by atoms with van der Waals surface area (Å²) >= 11 is 15.1. The van der Waals surface area contributed by atoms with Gasteiger partial charge in [-0.05, 0) is 50.6 Å². The van der Waals surface area contributed by atoms with Gasteiger partial charge >= 0.3 is 0 Å². The van der Waals surface area contributed by atoms with E-state index in [4.69, 9.17) is 16.3 Å². The molecule has 1 nitrogen and oxygen atoms in total. The van der Waals surface area contributed by atoms with Crippen LogP contribution in [-0.4, -0.2) is 6.61 Å². The number of fused-ring (bicyclic) bond motifs is 1. The first-order valence-corrected chi connectivity index (χ1v) is 8.45. The molecule has 0 aliphatic carbocycles. The largest absolute Gasteiger partial charge is 0.493 e. The summed E-state index contributed by atoms with van der Waals surface area (Å²) in [6.45, 7) is 0.746. The Kier molecular flexibility index (Phi) is 3.72. The lowest BCUT2D eigenvalue weighted by Crippen LogP contribution is -1.96. The molecule has 1 aromatic carbocycles. The van der Waals surface area contributed by atoms with Gasteiger partial charge in [-0.25, -0.2) is 0 Å². The molecule has 5 heteroatoms. The summed E-state index contributed by atoms with van der Waals surface area (Å²) in [5.41, 5.74) is 3.53. The molecular weight excluding hydrogens is 399 g/mol. The lowest BCUT2D eigenvalue weighted by atomic mass is 10.0. The summed E-state index contributed by atoms with van der Waals surface area (Å²) in [6, 6.07) is 6.10. The zero-order valence-electron chi connectivity index (χ0n) is 9.25. The first-order chi connectivity index (χ1) is 8.65. The molecule has 94 valence electrons. The van der Waals surface area contributed by atoms with Gasteiger partial charge in [0.05, 0.1) is 15.2 Å². The second-order valence-corrected chi connectivity index (χ2v) is 7.77. The number of rotatable bonds is 2. The molecule has 1 aliphatic heterocycles. The fourth-order valence-corrected chi connectivity index (χ4v) is 4.35. The Hall–Kier alpha value is -0.0300. The number of thiophene rings is 1. The molecule has 0 N–H and O–H groups in total. The van der Waals surface area contributed by atoms with E-state index in [0.717, 1.165) is 33.1 Å². The van der Waals surface area contributed by atoms with Gasteiger partial charge in [-0.15, -0.1) is 11.3 Å². The van der Waals surface area contributed by atoms with E-state index < -0.39 is 0 Å². The number of alkyl halides is 1. The van der Waals surface area contributed by atoms with Crippen LogP contribution in [0.3, 0.4) is 0 Å². The average molecular weight is 409 g/mol. The minimum Gasteiger partial charge on any atom is -0.493 e. The quantitative estimate of drug-likeness (QED) is 0.589. The molecular formula is C13H9Br2ClOS. The van der Waals surface area contributed by atoms with Gasteiger partial charge in [0.2, 0.25) is 0 Å². The highest BCUT2D eigenvalue weighted by Crippen LogP contribution is 2.43. The molecule has 1 unspecified atom stereocenters. The normalized spacial score (nSPS) is 15.3. The second-order valence-electron chi connectivity index (χ2n) is 4.13. The van der Waals surface area contributed by atoms with Gasteiger partial charge in [0.25, 0.3) is 0 Å². The van der Waals surface area contributed by atoms with Crippen LogP contribution in [0.5, 0.6) is 5.75 Å². The molecule has 2 heterocycles. The Morgan fingerprint density at radius 3 is 2.89 bits per heavy atom. The third-order valence-electron chi connectivity index (χ3n) is 2.93. The number of benzene rings is 1. The number of halogens is 3. The van der Waals surface area contributed by atoms with Crippen molar-refractivity contribution in [2.75, 3.05) is 6.61 Å². The molecule has 1 aromatic heterocycles. The molecule has 0 fully saturated rings. The molecule has 3 rings (SSSR count). The molecule has 1 atom stereocenters. The Morgan fingerprint density at radius 1 is 1.33 bits per heavy atom. The Balaban J connectivity index is 2.06. The van der Waals surface area contributed by atoms with Crippen molar-refractivity contribution in [2.24, 2.45) is 0 Å². The molecule has 0 saturated heterocycles. The zero-order valence-corrected chi connectivity index (χ0v) is 14.0. The predicted octanol–water partition coefficient (Wildman–Crippen LogP) is 5.58. The van der Waals surface area contributed by atoms with Gasteiger partial charge < -0.3 is 4.74 Å². The predicted molar refractivity (Wildman–Crippen MR) is 83.4 cm³/mol. The van der Waals surface area contributed by atoms with Gasteiger partial charge in [0, 0.05) is 17.0 Å². The Bertz CT molecular complexity index is 597. The molecule has 0 saturated carbocycles. The van der Waals surface area contributed by atoms with Gasteiger partial charge in [-0.3, -0.25) is 0 Å². The van der Waals surface area contributed by atoms with E-state index in [0.29, 0.717) is 0 Å². The van der Waals surface area contributed by atoms with Crippen molar-refractivity contribution < 1.29 is 4.74 Å². The van der Waals surface area contributed by atoms with Gasteiger partial charge in [-0.1, -0.05) is 27.5 Å². The van der Waals surface area contributed by atoms with E-state index in [1.54, 1.807) is 11.3 Å². The van der Waals surface area contributed by atoms with E-state index in [1.165, 1.54) is 11.1 Å². The third kappa shape index (κ3) is 2.36. The molecule has 2 aromatic rings. The number of hydrogen-bond acceptors (Lipinski definition) is 2. The van der Waals surface area contributed by atoms with Crippen LogP contribution < -0.4 is 4.74 Å². The maximum Gasteiger partial charge on any atom is 0.127 e. The van der Waals surface area contributed by atoms with Crippen LogP contribution in [0.2, 0.25) is 5.02 Å². The smallest absolute Gasteiger partial charge is 0.127 e. The van der Waals surface area contributed by atoms with Crippen molar-refractivity contribution in [2.45, 2.75) is 11.2 Å². The minimum atomic E-state index is 0.116. The van der Waals surface area contributed by atoms with Crippen LogP contribution >= 0.6 is 54.8 Å². The fraction of sp³-hybridized carbons (Fsp3) is 0.231. The molecule has 0 radical (unpaired) electrons. The van der Waals surface area contributed by atoms with Gasteiger partial charge in [0.15, 0.2) is 0 Å².